The first kappa shape index (κ1) is 25.8. The standard InChI is InChI=1S/C24H30Cl2N2O4S/c1-17(2)16-33(30,31)21-5-3-4-18(14-21)24(29)27-10-13-28-11-8-19(9-12-28)32-20-6-7-22(25)23(26)15-20/h3-7,14-15,17,19H,8-13,16H2,1-2H3,(H,27,29). The van der Waals surface area contributed by atoms with E-state index in [2.05, 4.69) is 10.2 Å². The Morgan fingerprint density at radius 2 is 1.85 bits per heavy atom. The molecule has 180 valence electrons. The van der Waals surface area contributed by atoms with Gasteiger partial charge in [0, 0.05) is 37.8 Å². The molecule has 9 heteroatoms. The number of nitrogens with one attached hydrogen (secondary N) is 1. The van der Waals surface area contributed by atoms with Gasteiger partial charge in [0.25, 0.3) is 5.91 Å². The lowest BCUT2D eigenvalue weighted by Gasteiger charge is -2.32. The quantitative estimate of drug-likeness (QED) is 0.526. The summed E-state index contributed by atoms with van der Waals surface area (Å²) in [5.74, 6) is 0.524. The molecule has 0 radical (unpaired) electrons. The van der Waals surface area contributed by atoms with Crippen molar-refractivity contribution in [1.29, 1.82) is 0 Å². The van der Waals surface area contributed by atoms with Crippen LogP contribution in [-0.2, 0) is 9.84 Å². The fourth-order valence-corrected chi connectivity index (χ4v) is 5.74. The number of likely N-dealkylation sites (tertiary alicyclic amines) is 1. The van der Waals surface area contributed by atoms with Gasteiger partial charge in [-0.3, -0.25) is 4.79 Å². The van der Waals surface area contributed by atoms with E-state index in [1.54, 1.807) is 30.3 Å². The maximum atomic E-state index is 12.5. The fraction of sp³-hybridized carbons (Fsp3) is 0.458. The Bertz CT molecular complexity index is 1070. The van der Waals surface area contributed by atoms with Gasteiger partial charge in [0.05, 0.1) is 20.7 Å². The van der Waals surface area contributed by atoms with E-state index in [0.29, 0.717) is 27.9 Å². The number of ether oxygens (including phenoxy) is 1. The van der Waals surface area contributed by atoms with E-state index in [1.165, 1.54) is 6.07 Å². The predicted octanol–water partition coefficient (Wildman–Crippen LogP) is 4.70. The maximum absolute atomic E-state index is 12.5. The van der Waals surface area contributed by atoms with Crippen molar-refractivity contribution < 1.29 is 17.9 Å². The number of halogens is 2. The summed E-state index contributed by atoms with van der Waals surface area (Å²) in [6, 6.07) is 11.5. The summed E-state index contributed by atoms with van der Waals surface area (Å²) in [6.45, 7) is 6.65. The SMILES string of the molecule is CC(C)CS(=O)(=O)c1cccc(C(=O)NCCN2CCC(Oc3ccc(Cl)c(Cl)c3)CC2)c1. The minimum absolute atomic E-state index is 0.0195. The molecular formula is C24H30Cl2N2O4S. The van der Waals surface area contributed by atoms with Gasteiger partial charge in [-0.15, -0.1) is 0 Å². The smallest absolute Gasteiger partial charge is 0.251 e. The summed E-state index contributed by atoms with van der Waals surface area (Å²) in [6.07, 6.45) is 1.87. The molecule has 0 aromatic heterocycles. The molecule has 0 atom stereocenters. The van der Waals surface area contributed by atoms with Crippen molar-refractivity contribution in [2.75, 3.05) is 31.9 Å². The van der Waals surface area contributed by atoms with Gasteiger partial charge in [-0.25, -0.2) is 8.42 Å². The fourth-order valence-electron chi connectivity index (χ4n) is 3.79. The van der Waals surface area contributed by atoms with Gasteiger partial charge >= 0.3 is 0 Å². The zero-order valence-corrected chi connectivity index (χ0v) is 21.2. The van der Waals surface area contributed by atoms with Crippen molar-refractivity contribution in [2.24, 2.45) is 5.92 Å². The molecule has 0 saturated carbocycles. The Hall–Kier alpha value is -1.80. The van der Waals surface area contributed by atoms with Crippen LogP contribution in [0, 0.1) is 5.92 Å². The number of sulfone groups is 1. The van der Waals surface area contributed by atoms with E-state index in [1.807, 2.05) is 19.9 Å². The first-order valence-corrected chi connectivity index (χ1v) is 13.5. The lowest BCUT2D eigenvalue weighted by Crippen LogP contribution is -2.42. The van der Waals surface area contributed by atoms with Gasteiger partial charge in [0.2, 0.25) is 0 Å². The van der Waals surface area contributed by atoms with E-state index in [9.17, 15) is 13.2 Å². The molecule has 1 N–H and O–H groups in total. The molecule has 0 unspecified atom stereocenters. The van der Waals surface area contributed by atoms with Crippen molar-refractivity contribution in [2.45, 2.75) is 37.7 Å². The van der Waals surface area contributed by atoms with Crippen molar-refractivity contribution >= 4 is 38.9 Å². The monoisotopic (exact) mass is 512 g/mol. The van der Waals surface area contributed by atoms with Crippen LogP contribution in [0.3, 0.4) is 0 Å². The highest BCUT2D eigenvalue weighted by atomic mass is 35.5. The van der Waals surface area contributed by atoms with Crippen LogP contribution in [-0.4, -0.2) is 57.3 Å². The number of hydrogen-bond donors (Lipinski definition) is 1. The third-order valence-electron chi connectivity index (χ3n) is 5.45. The van der Waals surface area contributed by atoms with Gasteiger partial charge in [-0.2, -0.15) is 0 Å². The number of rotatable bonds is 9. The zero-order valence-electron chi connectivity index (χ0n) is 18.9. The molecule has 0 bridgehead atoms. The second-order valence-corrected chi connectivity index (χ2v) is 11.5. The molecule has 6 nitrogen and oxygen atoms in total. The Kier molecular flexibility index (Phi) is 9.04. The predicted molar refractivity (Wildman–Crippen MR) is 132 cm³/mol. The van der Waals surface area contributed by atoms with Crippen LogP contribution in [0.4, 0.5) is 0 Å². The van der Waals surface area contributed by atoms with Crippen molar-refractivity contribution in [3.63, 3.8) is 0 Å². The molecule has 2 aromatic carbocycles. The van der Waals surface area contributed by atoms with Crippen LogP contribution in [0.5, 0.6) is 5.75 Å². The largest absolute Gasteiger partial charge is 0.490 e. The molecular weight excluding hydrogens is 483 g/mol. The van der Waals surface area contributed by atoms with Gasteiger partial charge in [-0.1, -0.05) is 43.1 Å². The number of benzene rings is 2. The van der Waals surface area contributed by atoms with Crippen LogP contribution < -0.4 is 10.1 Å². The second kappa shape index (κ2) is 11.6. The Morgan fingerprint density at radius 3 is 2.52 bits per heavy atom. The van der Waals surface area contributed by atoms with E-state index >= 15 is 0 Å². The molecule has 1 aliphatic heterocycles. The maximum Gasteiger partial charge on any atom is 0.251 e. The van der Waals surface area contributed by atoms with E-state index in [4.69, 9.17) is 27.9 Å². The highest BCUT2D eigenvalue weighted by Crippen LogP contribution is 2.28. The van der Waals surface area contributed by atoms with Gasteiger partial charge < -0.3 is 15.0 Å². The molecule has 0 spiro atoms. The van der Waals surface area contributed by atoms with Crippen LogP contribution in [0.1, 0.15) is 37.0 Å². The Labute approximate surface area is 206 Å². The van der Waals surface area contributed by atoms with Gasteiger partial charge in [0.15, 0.2) is 9.84 Å². The summed E-state index contributed by atoms with van der Waals surface area (Å²) >= 11 is 12.0. The summed E-state index contributed by atoms with van der Waals surface area (Å²) in [4.78, 5) is 15.0. The number of amides is 1. The minimum Gasteiger partial charge on any atom is -0.490 e. The molecule has 33 heavy (non-hydrogen) atoms. The number of piperidine rings is 1. The van der Waals surface area contributed by atoms with Crippen LogP contribution >= 0.6 is 23.2 Å². The number of hydrogen-bond acceptors (Lipinski definition) is 5. The van der Waals surface area contributed by atoms with Gasteiger partial charge in [0.1, 0.15) is 11.9 Å². The highest BCUT2D eigenvalue weighted by Gasteiger charge is 2.21. The Morgan fingerprint density at radius 1 is 1.12 bits per heavy atom. The first-order chi connectivity index (χ1) is 15.6. The summed E-state index contributed by atoms with van der Waals surface area (Å²) < 4.78 is 30.9. The van der Waals surface area contributed by atoms with Crippen molar-refractivity contribution in [3.05, 3.63) is 58.1 Å². The van der Waals surface area contributed by atoms with Crippen LogP contribution in [0.15, 0.2) is 47.4 Å². The molecule has 3 rings (SSSR count). The average molecular weight is 513 g/mol. The van der Waals surface area contributed by atoms with Gasteiger partial charge in [-0.05, 0) is 49.1 Å². The van der Waals surface area contributed by atoms with Crippen LogP contribution in [0.2, 0.25) is 10.0 Å². The molecule has 1 amide bonds. The van der Waals surface area contributed by atoms with E-state index < -0.39 is 9.84 Å². The topological polar surface area (TPSA) is 75.7 Å². The molecule has 1 heterocycles. The molecule has 1 fully saturated rings. The molecule has 1 aliphatic rings. The summed E-state index contributed by atoms with van der Waals surface area (Å²) in [5.41, 5.74) is 0.355. The third kappa shape index (κ3) is 7.60. The lowest BCUT2D eigenvalue weighted by atomic mass is 10.1. The lowest BCUT2D eigenvalue weighted by molar-refractivity contribution is 0.0905. The zero-order chi connectivity index (χ0) is 24.0. The minimum atomic E-state index is -3.40. The second-order valence-electron chi connectivity index (χ2n) is 8.69. The molecule has 0 aliphatic carbocycles. The summed E-state index contributed by atoms with van der Waals surface area (Å²) in [7, 11) is -3.40. The average Bonchev–Trinajstić information content (AvgIpc) is 2.77. The highest BCUT2D eigenvalue weighted by molar-refractivity contribution is 7.91. The van der Waals surface area contributed by atoms with Crippen molar-refractivity contribution in [3.8, 4) is 5.75 Å². The Balaban J connectivity index is 1.43. The number of carbonyl (C=O) groups excluding carboxylic acids is 1. The number of nitrogens with zero attached hydrogens (tertiary/aromatic N) is 1. The molecule has 1 saturated heterocycles. The first-order valence-electron chi connectivity index (χ1n) is 11.1. The van der Waals surface area contributed by atoms with E-state index in [-0.39, 0.29) is 28.6 Å². The third-order valence-corrected chi connectivity index (χ3v) is 8.27. The molecule has 2 aromatic rings. The van der Waals surface area contributed by atoms with Crippen LogP contribution in [0.25, 0.3) is 0 Å². The summed E-state index contributed by atoms with van der Waals surface area (Å²) in [5, 5.41) is 3.88. The normalized spacial score (nSPS) is 15.5. The van der Waals surface area contributed by atoms with E-state index in [0.717, 1.165) is 32.5 Å². The van der Waals surface area contributed by atoms with Crippen molar-refractivity contribution in [1.82, 2.24) is 10.2 Å². The number of carbonyl (C=O) groups is 1.